The molecule has 0 saturated heterocycles. The Morgan fingerprint density at radius 1 is 1.18 bits per heavy atom. The Morgan fingerprint density at radius 2 is 1.76 bits per heavy atom. The van der Waals surface area contributed by atoms with Crippen LogP contribution in [0, 0.1) is 11.8 Å². The molecule has 4 heteroatoms. The summed E-state index contributed by atoms with van der Waals surface area (Å²) in [4.78, 5) is 0. The van der Waals surface area contributed by atoms with Gasteiger partial charge in [-0.25, -0.2) is 0 Å². The number of rotatable bonds is 5. The van der Waals surface area contributed by atoms with Gasteiger partial charge in [-0.1, -0.05) is 19.8 Å². The average Bonchev–Trinajstić information content (AvgIpc) is 2.29. The van der Waals surface area contributed by atoms with E-state index in [4.69, 9.17) is 0 Å². The Morgan fingerprint density at radius 3 is 2.18 bits per heavy atom. The van der Waals surface area contributed by atoms with Crippen LogP contribution in [0.25, 0.3) is 0 Å². The maximum Gasteiger partial charge on any atom is 0.391 e. The van der Waals surface area contributed by atoms with Crippen molar-refractivity contribution in [1.29, 1.82) is 0 Å². The lowest BCUT2D eigenvalue weighted by molar-refractivity contribution is -0.184. The van der Waals surface area contributed by atoms with Gasteiger partial charge in [0.15, 0.2) is 0 Å². The Bertz CT molecular complexity index is 207. The van der Waals surface area contributed by atoms with Crippen molar-refractivity contribution in [2.45, 2.75) is 64.1 Å². The van der Waals surface area contributed by atoms with Gasteiger partial charge in [0.25, 0.3) is 0 Å². The highest BCUT2D eigenvalue weighted by Crippen LogP contribution is 2.40. The van der Waals surface area contributed by atoms with Crippen LogP contribution in [0.15, 0.2) is 0 Å². The van der Waals surface area contributed by atoms with Crippen LogP contribution >= 0.6 is 0 Å². The summed E-state index contributed by atoms with van der Waals surface area (Å²) in [6, 6.07) is 0.407. The lowest BCUT2D eigenvalue weighted by atomic mass is 9.77. The molecule has 1 nitrogen and oxygen atoms in total. The third-order valence-electron chi connectivity index (χ3n) is 4.04. The molecule has 1 rings (SSSR count). The van der Waals surface area contributed by atoms with E-state index >= 15 is 0 Å². The van der Waals surface area contributed by atoms with Gasteiger partial charge in [-0.05, 0) is 45.1 Å². The van der Waals surface area contributed by atoms with Crippen LogP contribution in [0.1, 0.15) is 51.9 Å². The lowest BCUT2D eigenvalue weighted by Gasteiger charge is -2.34. The Balaban J connectivity index is 2.39. The molecular weight excluding hydrogens is 227 g/mol. The van der Waals surface area contributed by atoms with Crippen LogP contribution in [0.4, 0.5) is 13.2 Å². The largest absolute Gasteiger partial charge is 0.391 e. The first-order valence-electron chi connectivity index (χ1n) is 6.73. The van der Waals surface area contributed by atoms with Gasteiger partial charge in [-0.2, -0.15) is 13.2 Å². The molecule has 0 aliphatic heterocycles. The normalized spacial score (nSPS) is 28.1. The predicted molar refractivity (Wildman–Crippen MR) is 63.9 cm³/mol. The van der Waals surface area contributed by atoms with Gasteiger partial charge in [-0.3, -0.25) is 0 Å². The number of alkyl halides is 3. The molecule has 0 aromatic rings. The third-order valence-corrected chi connectivity index (χ3v) is 4.04. The molecule has 1 N–H and O–H groups in total. The summed E-state index contributed by atoms with van der Waals surface area (Å²) < 4.78 is 37.6. The minimum Gasteiger partial charge on any atom is -0.317 e. The van der Waals surface area contributed by atoms with Crippen molar-refractivity contribution in [3.63, 3.8) is 0 Å². The molecule has 0 aromatic carbocycles. The van der Waals surface area contributed by atoms with E-state index in [1.54, 1.807) is 0 Å². The van der Waals surface area contributed by atoms with Crippen molar-refractivity contribution in [3.8, 4) is 0 Å². The van der Waals surface area contributed by atoms with Gasteiger partial charge in [0.05, 0.1) is 5.92 Å². The molecule has 0 heterocycles. The number of hydrogen-bond donors (Lipinski definition) is 1. The maximum absolute atomic E-state index is 12.5. The van der Waals surface area contributed by atoms with E-state index in [0.717, 1.165) is 32.1 Å². The molecule has 0 aromatic heterocycles. The van der Waals surface area contributed by atoms with Crippen molar-refractivity contribution in [3.05, 3.63) is 0 Å². The first kappa shape index (κ1) is 14.8. The van der Waals surface area contributed by atoms with Crippen LogP contribution in [-0.4, -0.2) is 19.3 Å². The first-order valence-corrected chi connectivity index (χ1v) is 6.73. The van der Waals surface area contributed by atoms with E-state index < -0.39 is 12.1 Å². The quantitative estimate of drug-likeness (QED) is 0.774. The average molecular weight is 251 g/mol. The monoisotopic (exact) mass is 251 g/mol. The zero-order chi connectivity index (χ0) is 12.9. The minimum atomic E-state index is -3.98. The molecule has 0 spiro atoms. The SMILES string of the molecule is CCCCC(NC)C1CCC(C(F)(F)F)CC1. The summed E-state index contributed by atoms with van der Waals surface area (Å²) in [7, 11) is 1.93. The Labute approximate surface area is 102 Å². The Hall–Kier alpha value is -0.250. The lowest BCUT2D eigenvalue weighted by Crippen LogP contribution is -2.38. The second-order valence-corrected chi connectivity index (χ2v) is 5.19. The zero-order valence-corrected chi connectivity index (χ0v) is 10.8. The molecule has 0 bridgehead atoms. The molecule has 1 aliphatic rings. The molecule has 1 fully saturated rings. The van der Waals surface area contributed by atoms with E-state index in [1.165, 1.54) is 0 Å². The van der Waals surface area contributed by atoms with Gasteiger partial charge in [0, 0.05) is 6.04 Å². The van der Waals surface area contributed by atoms with Crippen molar-refractivity contribution in [2.75, 3.05) is 7.05 Å². The van der Waals surface area contributed by atoms with Crippen molar-refractivity contribution < 1.29 is 13.2 Å². The van der Waals surface area contributed by atoms with Crippen molar-refractivity contribution >= 4 is 0 Å². The van der Waals surface area contributed by atoms with Crippen molar-refractivity contribution in [1.82, 2.24) is 5.32 Å². The molecule has 0 radical (unpaired) electrons. The fourth-order valence-corrected chi connectivity index (χ4v) is 2.89. The smallest absolute Gasteiger partial charge is 0.317 e. The fourth-order valence-electron chi connectivity index (χ4n) is 2.89. The number of nitrogens with one attached hydrogen (secondary N) is 1. The van der Waals surface area contributed by atoms with Gasteiger partial charge in [-0.15, -0.1) is 0 Å². The molecule has 0 amide bonds. The summed E-state index contributed by atoms with van der Waals surface area (Å²) in [5.74, 6) is -0.618. The first-order chi connectivity index (χ1) is 7.99. The van der Waals surface area contributed by atoms with Gasteiger partial charge in [0.2, 0.25) is 0 Å². The molecule has 17 heavy (non-hydrogen) atoms. The third kappa shape index (κ3) is 4.49. The summed E-state index contributed by atoms with van der Waals surface area (Å²) in [5, 5.41) is 3.28. The molecule has 1 unspecified atom stereocenters. The summed E-state index contributed by atoms with van der Waals surface area (Å²) in [5.41, 5.74) is 0. The van der Waals surface area contributed by atoms with E-state index in [2.05, 4.69) is 12.2 Å². The number of unbranched alkanes of at least 4 members (excludes halogenated alkanes) is 1. The number of hydrogen-bond acceptors (Lipinski definition) is 1. The zero-order valence-electron chi connectivity index (χ0n) is 10.8. The topological polar surface area (TPSA) is 12.0 Å². The molecule has 1 saturated carbocycles. The van der Waals surface area contributed by atoms with E-state index in [9.17, 15) is 13.2 Å². The highest BCUT2D eigenvalue weighted by Gasteiger charge is 2.42. The van der Waals surface area contributed by atoms with E-state index in [-0.39, 0.29) is 0 Å². The van der Waals surface area contributed by atoms with Crippen LogP contribution in [0.2, 0.25) is 0 Å². The molecule has 1 atom stereocenters. The standard InChI is InChI=1S/C13H24F3N/c1-3-4-5-12(17-2)10-6-8-11(9-7-10)13(14,15)16/h10-12,17H,3-9H2,1-2H3. The van der Waals surface area contributed by atoms with E-state index in [1.807, 2.05) is 7.05 Å². The van der Waals surface area contributed by atoms with Crippen molar-refractivity contribution in [2.24, 2.45) is 11.8 Å². The summed E-state index contributed by atoms with van der Waals surface area (Å²) in [6.45, 7) is 2.15. The fraction of sp³-hybridized carbons (Fsp3) is 1.00. The summed E-state index contributed by atoms with van der Waals surface area (Å²) in [6.07, 6.45) is 1.49. The number of halogens is 3. The molecule has 102 valence electrons. The minimum absolute atomic E-state index is 0.318. The van der Waals surface area contributed by atoms with Gasteiger partial charge in [0.1, 0.15) is 0 Å². The summed E-state index contributed by atoms with van der Waals surface area (Å²) >= 11 is 0. The van der Waals surface area contributed by atoms with Gasteiger partial charge >= 0.3 is 6.18 Å². The maximum atomic E-state index is 12.5. The Kier molecular flexibility index (Phi) is 5.77. The predicted octanol–water partition coefficient (Wildman–Crippen LogP) is 4.13. The second-order valence-electron chi connectivity index (χ2n) is 5.19. The van der Waals surface area contributed by atoms with E-state index in [0.29, 0.717) is 24.8 Å². The molecular formula is C13H24F3N. The van der Waals surface area contributed by atoms with Crippen LogP contribution in [0.3, 0.4) is 0 Å². The highest BCUT2D eigenvalue weighted by atomic mass is 19.4. The second kappa shape index (κ2) is 6.62. The van der Waals surface area contributed by atoms with Crippen LogP contribution < -0.4 is 5.32 Å². The van der Waals surface area contributed by atoms with Crippen LogP contribution in [-0.2, 0) is 0 Å². The highest BCUT2D eigenvalue weighted by molar-refractivity contribution is 4.83. The van der Waals surface area contributed by atoms with Gasteiger partial charge < -0.3 is 5.32 Å². The van der Waals surface area contributed by atoms with Crippen LogP contribution in [0.5, 0.6) is 0 Å². The molecule has 1 aliphatic carbocycles.